The van der Waals surface area contributed by atoms with E-state index in [0.717, 1.165) is 25.1 Å². The summed E-state index contributed by atoms with van der Waals surface area (Å²) < 4.78 is 5.48. The van der Waals surface area contributed by atoms with Crippen LogP contribution in [0.25, 0.3) is 0 Å². The number of nitrogens with zero attached hydrogens (tertiary/aromatic N) is 1. The summed E-state index contributed by atoms with van der Waals surface area (Å²) in [6, 6.07) is 7.93. The molecule has 3 N–H and O–H groups in total. The van der Waals surface area contributed by atoms with Gasteiger partial charge in [-0.25, -0.2) is 0 Å². The zero-order valence-electron chi connectivity index (χ0n) is 12.7. The van der Waals surface area contributed by atoms with Crippen molar-refractivity contribution in [3.05, 3.63) is 35.4 Å². The van der Waals surface area contributed by atoms with Gasteiger partial charge in [0.05, 0.1) is 13.2 Å². The van der Waals surface area contributed by atoms with Crippen molar-refractivity contribution in [1.82, 2.24) is 10.2 Å². The van der Waals surface area contributed by atoms with E-state index in [1.54, 1.807) is 0 Å². The van der Waals surface area contributed by atoms with Gasteiger partial charge in [0.1, 0.15) is 6.04 Å². The predicted molar refractivity (Wildman–Crippen MR) is 82.7 cm³/mol. The lowest BCUT2D eigenvalue weighted by Crippen LogP contribution is -2.53. The normalized spacial score (nSPS) is 19.4. The van der Waals surface area contributed by atoms with Crippen LogP contribution >= 0.6 is 0 Å². The minimum absolute atomic E-state index is 0.0572. The second-order valence-corrected chi connectivity index (χ2v) is 5.33. The van der Waals surface area contributed by atoms with Crippen LogP contribution in [0.4, 0.5) is 0 Å². The van der Waals surface area contributed by atoms with Crippen molar-refractivity contribution in [3.8, 4) is 0 Å². The Morgan fingerprint density at radius 1 is 1.43 bits per heavy atom. The van der Waals surface area contributed by atoms with E-state index >= 15 is 0 Å². The molecule has 0 spiro atoms. The first-order chi connectivity index (χ1) is 10.3. The van der Waals surface area contributed by atoms with Crippen LogP contribution in [0.3, 0.4) is 0 Å². The molecular formula is C16H25N3O2. The van der Waals surface area contributed by atoms with Crippen molar-refractivity contribution in [2.45, 2.75) is 32.5 Å². The molecule has 21 heavy (non-hydrogen) atoms. The Bertz CT molecular complexity index is 465. The maximum Gasteiger partial charge on any atom is 0.239 e. The van der Waals surface area contributed by atoms with Gasteiger partial charge < -0.3 is 15.8 Å². The molecule has 2 rings (SSSR count). The summed E-state index contributed by atoms with van der Waals surface area (Å²) in [6.07, 6.45) is 0.940. The molecule has 1 saturated heterocycles. The van der Waals surface area contributed by atoms with E-state index in [1.807, 2.05) is 25.1 Å². The van der Waals surface area contributed by atoms with Gasteiger partial charge in [0.2, 0.25) is 5.91 Å². The number of carbonyl (C=O) groups excluding carboxylic acids is 1. The second kappa shape index (κ2) is 8.12. The molecule has 1 aromatic rings. The van der Waals surface area contributed by atoms with Gasteiger partial charge in [0, 0.05) is 26.2 Å². The van der Waals surface area contributed by atoms with Crippen LogP contribution < -0.4 is 11.1 Å². The number of carbonyl (C=O) groups is 1. The maximum absolute atomic E-state index is 12.3. The predicted octanol–water partition coefficient (Wildman–Crippen LogP) is 0.872. The summed E-state index contributed by atoms with van der Waals surface area (Å²) >= 11 is 0. The van der Waals surface area contributed by atoms with Gasteiger partial charge in [-0.05, 0) is 17.5 Å². The topological polar surface area (TPSA) is 67.6 Å². The molecule has 1 unspecified atom stereocenters. The van der Waals surface area contributed by atoms with Crippen LogP contribution in [-0.4, -0.2) is 43.2 Å². The fourth-order valence-corrected chi connectivity index (χ4v) is 2.56. The molecule has 1 amide bonds. The van der Waals surface area contributed by atoms with E-state index < -0.39 is 0 Å². The number of hydrogen-bond acceptors (Lipinski definition) is 4. The lowest BCUT2D eigenvalue weighted by Gasteiger charge is -2.35. The molecule has 116 valence electrons. The SMILES string of the molecule is CCCNC(=O)C1COCCN1Cc1ccccc1CN. The minimum atomic E-state index is -0.212. The molecule has 0 radical (unpaired) electrons. The quantitative estimate of drug-likeness (QED) is 0.816. The summed E-state index contributed by atoms with van der Waals surface area (Å²) in [5.74, 6) is 0.0572. The number of amides is 1. The first kappa shape index (κ1) is 15.9. The van der Waals surface area contributed by atoms with E-state index in [1.165, 1.54) is 5.56 Å². The smallest absolute Gasteiger partial charge is 0.239 e. The molecule has 1 fully saturated rings. The van der Waals surface area contributed by atoms with Crippen LogP contribution in [-0.2, 0) is 22.6 Å². The maximum atomic E-state index is 12.3. The van der Waals surface area contributed by atoms with Crippen LogP contribution in [0.2, 0.25) is 0 Å². The Balaban J connectivity index is 2.06. The van der Waals surface area contributed by atoms with Crippen molar-refractivity contribution in [1.29, 1.82) is 0 Å². The monoisotopic (exact) mass is 291 g/mol. The van der Waals surface area contributed by atoms with E-state index in [4.69, 9.17) is 10.5 Å². The highest BCUT2D eigenvalue weighted by Crippen LogP contribution is 2.16. The number of rotatable bonds is 6. The van der Waals surface area contributed by atoms with Crippen molar-refractivity contribution in [3.63, 3.8) is 0 Å². The molecular weight excluding hydrogens is 266 g/mol. The number of nitrogens with two attached hydrogens (primary N) is 1. The molecule has 5 heteroatoms. The largest absolute Gasteiger partial charge is 0.378 e. The van der Waals surface area contributed by atoms with Crippen molar-refractivity contribution in [2.75, 3.05) is 26.3 Å². The number of benzene rings is 1. The zero-order chi connectivity index (χ0) is 15.1. The Kier molecular flexibility index (Phi) is 6.17. The molecule has 0 saturated carbocycles. The van der Waals surface area contributed by atoms with Crippen LogP contribution in [0.5, 0.6) is 0 Å². The summed E-state index contributed by atoms with van der Waals surface area (Å²) in [5, 5.41) is 2.96. The van der Waals surface area contributed by atoms with Crippen molar-refractivity contribution >= 4 is 5.91 Å². The Morgan fingerprint density at radius 3 is 2.90 bits per heavy atom. The van der Waals surface area contributed by atoms with Crippen molar-refractivity contribution in [2.24, 2.45) is 5.73 Å². The van der Waals surface area contributed by atoms with Gasteiger partial charge in [-0.2, -0.15) is 0 Å². The standard InChI is InChI=1S/C16H25N3O2/c1-2-7-18-16(20)15-12-21-9-8-19(15)11-14-6-4-3-5-13(14)10-17/h3-6,15H,2,7-12,17H2,1H3,(H,18,20). The summed E-state index contributed by atoms with van der Waals surface area (Å²) in [5.41, 5.74) is 8.12. The van der Waals surface area contributed by atoms with Gasteiger partial charge in [0.25, 0.3) is 0 Å². The molecule has 1 heterocycles. The Hall–Kier alpha value is -1.43. The van der Waals surface area contributed by atoms with Gasteiger partial charge in [0.15, 0.2) is 0 Å². The average molecular weight is 291 g/mol. The molecule has 1 aliphatic rings. The lowest BCUT2D eigenvalue weighted by atomic mass is 10.1. The lowest BCUT2D eigenvalue weighted by molar-refractivity contribution is -0.132. The molecule has 1 atom stereocenters. The molecule has 1 aromatic carbocycles. The molecule has 5 nitrogen and oxygen atoms in total. The average Bonchev–Trinajstić information content (AvgIpc) is 2.53. The number of morpholine rings is 1. The van der Waals surface area contributed by atoms with Gasteiger partial charge in [-0.3, -0.25) is 9.69 Å². The fourth-order valence-electron chi connectivity index (χ4n) is 2.56. The van der Waals surface area contributed by atoms with Crippen LogP contribution in [0.1, 0.15) is 24.5 Å². The van der Waals surface area contributed by atoms with Gasteiger partial charge >= 0.3 is 0 Å². The third kappa shape index (κ3) is 4.27. The third-order valence-corrected chi connectivity index (χ3v) is 3.80. The summed E-state index contributed by atoms with van der Waals surface area (Å²) in [7, 11) is 0. The Labute approximate surface area is 126 Å². The van der Waals surface area contributed by atoms with E-state index in [2.05, 4.69) is 16.3 Å². The fraction of sp³-hybridized carbons (Fsp3) is 0.562. The third-order valence-electron chi connectivity index (χ3n) is 3.80. The van der Waals surface area contributed by atoms with Gasteiger partial charge in [-0.1, -0.05) is 31.2 Å². The molecule has 0 bridgehead atoms. The minimum Gasteiger partial charge on any atom is -0.378 e. The summed E-state index contributed by atoms with van der Waals surface area (Å²) in [6.45, 7) is 5.91. The number of hydrogen-bond donors (Lipinski definition) is 2. The summed E-state index contributed by atoms with van der Waals surface area (Å²) in [4.78, 5) is 14.4. The second-order valence-electron chi connectivity index (χ2n) is 5.33. The first-order valence-electron chi connectivity index (χ1n) is 7.62. The zero-order valence-corrected chi connectivity index (χ0v) is 12.7. The number of ether oxygens (including phenoxy) is 1. The number of nitrogens with one attached hydrogen (secondary N) is 1. The Morgan fingerprint density at radius 2 is 2.19 bits per heavy atom. The first-order valence-corrected chi connectivity index (χ1v) is 7.62. The van der Waals surface area contributed by atoms with Crippen molar-refractivity contribution < 1.29 is 9.53 Å². The molecule has 0 aliphatic carbocycles. The highest BCUT2D eigenvalue weighted by atomic mass is 16.5. The van der Waals surface area contributed by atoms with E-state index in [9.17, 15) is 4.79 Å². The van der Waals surface area contributed by atoms with Gasteiger partial charge in [-0.15, -0.1) is 0 Å². The van der Waals surface area contributed by atoms with E-state index in [0.29, 0.717) is 26.3 Å². The molecule has 0 aromatic heterocycles. The van der Waals surface area contributed by atoms with Crippen LogP contribution in [0.15, 0.2) is 24.3 Å². The highest BCUT2D eigenvalue weighted by Gasteiger charge is 2.29. The van der Waals surface area contributed by atoms with Crippen LogP contribution in [0, 0.1) is 0 Å². The molecule has 1 aliphatic heterocycles. The highest BCUT2D eigenvalue weighted by molar-refractivity contribution is 5.82. The van der Waals surface area contributed by atoms with E-state index in [-0.39, 0.29) is 11.9 Å².